The van der Waals surface area contributed by atoms with Crippen molar-refractivity contribution in [3.05, 3.63) is 87.6 Å². The Labute approximate surface area is 195 Å². The molecule has 164 valence electrons. The maximum absolute atomic E-state index is 13.1. The predicted octanol–water partition coefficient (Wildman–Crippen LogP) is 6.47. The lowest BCUT2D eigenvalue weighted by atomic mass is 10.0. The first-order valence-electron chi connectivity index (χ1n) is 10.4. The van der Waals surface area contributed by atoms with Crippen LogP contribution < -0.4 is 14.4 Å². The second-order valence-corrected chi connectivity index (χ2v) is 8.34. The van der Waals surface area contributed by atoms with Crippen LogP contribution in [0.4, 0.5) is 10.1 Å². The van der Waals surface area contributed by atoms with Crippen molar-refractivity contribution in [1.29, 1.82) is 0 Å². The van der Waals surface area contributed by atoms with E-state index in [-0.39, 0.29) is 18.3 Å². The minimum absolute atomic E-state index is 0.000208. The Kier molecular flexibility index (Phi) is 6.61. The fourth-order valence-corrected chi connectivity index (χ4v) is 4.33. The molecule has 0 aromatic heterocycles. The van der Waals surface area contributed by atoms with Crippen LogP contribution in [0.2, 0.25) is 0 Å². The fourth-order valence-electron chi connectivity index (χ4n) is 3.76. The van der Waals surface area contributed by atoms with Gasteiger partial charge in [0, 0.05) is 17.7 Å². The highest BCUT2D eigenvalue weighted by Gasteiger charge is 2.31. The summed E-state index contributed by atoms with van der Waals surface area (Å²) in [5, 5.41) is 0. The summed E-state index contributed by atoms with van der Waals surface area (Å²) >= 11 is 3.57. The van der Waals surface area contributed by atoms with E-state index in [4.69, 9.17) is 9.47 Å². The summed E-state index contributed by atoms with van der Waals surface area (Å²) in [6, 6.07) is 17.7. The zero-order valence-corrected chi connectivity index (χ0v) is 19.5. The number of carbonyl (C=O) groups excluding carboxylic acids is 1. The van der Waals surface area contributed by atoms with Gasteiger partial charge in [0.2, 0.25) is 0 Å². The number of para-hydroxylation sites is 1. The number of benzene rings is 3. The van der Waals surface area contributed by atoms with E-state index in [0.29, 0.717) is 28.1 Å². The summed E-state index contributed by atoms with van der Waals surface area (Å²) in [5.41, 5.74) is 4.19. The Balaban J connectivity index is 1.65. The molecule has 0 saturated carbocycles. The lowest BCUT2D eigenvalue weighted by Crippen LogP contribution is -2.26. The van der Waals surface area contributed by atoms with Crippen LogP contribution in [0.1, 0.15) is 30.0 Å². The number of methoxy groups -OCH3 is 1. The molecule has 3 aromatic rings. The average molecular weight is 496 g/mol. The molecule has 1 heterocycles. The normalized spacial score (nSPS) is 14.1. The van der Waals surface area contributed by atoms with Crippen molar-refractivity contribution >= 4 is 39.2 Å². The predicted molar refractivity (Wildman–Crippen MR) is 128 cm³/mol. The van der Waals surface area contributed by atoms with Crippen LogP contribution in [0.3, 0.4) is 0 Å². The molecule has 1 aliphatic rings. The third kappa shape index (κ3) is 4.41. The summed E-state index contributed by atoms with van der Waals surface area (Å²) < 4.78 is 25.3. The van der Waals surface area contributed by atoms with Crippen molar-refractivity contribution in [2.45, 2.75) is 20.0 Å². The van der Waals surface area contributed by atoms with Gasteiger partial charge in [-0.3, -0.25) is 4.79 Å². The van der Waals surface area contributed by atoms with E-state index in [9.17, 15) is 9.18 Å². The fraction of sp³-hybridized carbons (Fsp3) is 0.192. The highest BCUT2D eigenvalue weighted by molar-refractivity contribution is 9.10. The van der Waals surface area contributed by atoms with Crippen molar-refractivity contribution < 1.29 is 18.7 Å². The minimum Gasteiger partial charge on any atom is -0.493 e. The van der Waals surface area contributed by atoms with Gasteiger partial charge in [0.15, 0.2) is 11.5 Å². The molecule has 32 heavy (non-hydrogen) atoms. The molecule has 0 bridgehead atoms. The summed E-state index contributed by atoms with van der Waals surface area (Å²) in [6.45, 7) is 3.01. The van der Waals surface area contributed by atoms with Crippen molar-refractivity contribution in [2.24, 2.45) is 0 Å². The molecule has 0 spiro atoms. The summed E-state index contributed by atoms with van der Waals surface area (Å²) in [4.78, 5) is 14.9. The van der Waals surface area contributed by atoms with Crippen LogP contribution in [-0.2, 0) is 11.4 Å². The molecule has 4 nitrogen and oxygen atoms in total. The van der Waals surface area contributed by atoms with Gasteiger partial charge >= 0.3 is 0 Å². The highest BCUT2D eigenvalue weighted by Crippen LogP contribution is 2.41. The Morgan fingerprint density at radius 3 is 2.56 bits per heavy atom. The Morgan fingerprint density at radius 1 is 1.09 bits per heavy atom. The van der Waals surface area contributed by atoms with E-state index in [1.165, 1.54) is 12.1 Å². The van der Waals surface area contributed by atoms with Gasteiger partial charge < -0.3 is 14.4 Å². The number of fused-ring (bicyclic) bond motifs is 1. The Bertz CT molecular complexity index is 1170. The molecule has 6 heteroatoms. The van der Waals surface area contributed by atoms with Gasteiger partial charge in [-0.1, -0.05) is 37.3 Å². The van der Waals surface area contributed by atoms with Crippen LogP contribution in [0.25, 0.3) is 11.6 Å². The van der Waals surface area contributed by atoms with Crippen molar-refractivity contribution in [1.82, 2.24) is 0 Å². The van der Waals surface area contributed by atoms with Crippen LogP contribution in [0.15, 0.2) is 65.1 Å². The van der Waals surface area contributed by atoms with Crippen LogP contribution in [0.5, 0.6) is 11.5 Å². The van der Waals surface area contributed by atoms with Gasteiger partial charge in [-0.05, 0) is 69.9 Å². The molecule has 0 saturated heterocycles. The van der Waals surface area contributed by atoms with Crippen molar-refractivity contribution in [3.63, 3.8) is 0 Å². The third-order valence-corrected chi connectivity index (χ3v) is 5.86. The number of nitrogens with zero attached hydrogens (tertiary/aromatic N) is 1. The topological polar surface area (TPSA) is 38.8 Å². The molecular formula is C26H23BrFNO3. The number of hydrogen-bond acceptors (Lipinski definition) is 3. The molecular weight excluding hydrogens is 473 g/mol. The zero-order chi connectivity index (χ0) is 22.7. The molecule has 0 atom stereocenters. The van der Waals surface area contributed by atoms with Gasteiger partial charge in [0.25, 0.3) is 5.91 Å². The smallest absolute Gasteiger partial charge is 0.258 e. The molecule has 0 aliphatic carbocycles. The van der Waals surface area contributed by atoms with E-state index in [1.54, 1.807) is 19.2 Å². The molecule has 1 amide bonds. The number of ether oxygens (including phenoxy) is 2. The van der Waals surface area contributed by atoms with E-state index in [2.05, 4.69) is 22.9 Å². The first-order valence-corrected chi connectivity index (χ1v) is 11.2. The zero-order valence-electron chi connectivity index (χ0n) is 17.9. The van der Waals surface area contributed by atoms with E-state index in [0.717, 1.165) is 28.8 Å². The van der Waals surface area contributed by atoms with Gasteiger partial charge in [0.05, 0.1) is 17.3 Å². The summed E-state index contributed by atoms with van der Waals surface area (Å²) in [5.74, 6) is 0.799. The second kappa shape index (κ2) is 9.57. The number of carbonyl (C=O) groups is 1. The average Bonchev–Trinajstić information content (AvgIpc) is 3.05. The Morgan fingerprint density at radius 2 is 1.84 bits per heavy atom. The maximum atomic E-state index is 13.1. The number of anilines is 1. The standard InChI is InChI=1S/C26H23BrFNO3/c1-3-12-29-23-7-5-4-6-20(23)21(26(29)30)13-18-14-22(27)25(24(15-18)31-2)32-16-17-8-10-19(28)11-9-17/h4-11,13-15H,3,12,16H2,1-2H3/b21-13-. The van der Waals surface area contributed by atoms with Crippen molar-refractivity contribution in [2.75, 3.05) is 18.6 Å². The molecule has 0 radical (unpaired) electrons. The SMILES string of the molecule is CCCN1C(=O)/C(=C\c2cc(Br)c(OCc3ccc(F)cc3)c(OC)c2)c2ccccc21. The van der Waals surface area contributed by atoms with Crippen LogP contribution >= 0.6 is 15.9 Å². The minimum atomic E-state index is -0.287. The molecule has 1 aliphatic heterocycles. The largest absolute Gasteiger partial charge is 0.493 e. The van der Waals surface area contributed by atoms with Crippen molar-refractivity contribution in [3.8, 4) is 11.5 Å². The third-order valence-electron chi connectivity index (χ3n) is 5.27. The molecule has 4 rings (SSSR count). The maximum Gasteiger partial charge on any atom is 0.258 e. The van der Waals surface area contributed by atoms with Gasteiger partial charge in [-0.15, -0.1) is 0 Å². The van der Waals surface area contributed by atoms with Gasteiger partial charge in [-0.25, -0.2) is 4.39 Å². The Hall–Kier alpha value is -3.12. The summed E-state index contributed by atoms with van der Waals surface area (Å²) in [7, 11) is 1.57. The number of halogens is 2. The van der Waals surface area contributed by atoms with E-state index >= 15 is 0 Å². The van der Waals surface area contributed by atoms with Gasteiger partial charge in [0.1, 0.15) is 12.4 Å². The number of amides is 1. The van der Waals surface area contributed by atoms with E-state index < -0.39 is 0 Å². The van der Waals surface area contributed by atoms with Crippen LogP contribution in [-0.4, -0.2) is 19.6 Å². The molecule has 3 aromatic carbocycles. The van der Waals surface area contributed by atoms with Crippen LogP contribution in [0, 0.1) is 5.82 Å². The number of hydrogen-bond donors (Lipinski definition) is 0. The highest BCUT2D eigenvalue weighted by atomic mass is 79.9. The summed E-state index contributed by atoms with van der Waals surface area (Å²) in [6.07, 6.45) is 2.76. The monoisotopic (exact) mass is 495 g/mol. The quantitative estimate of drug-likeness (QED) is 0.352. The van der Waals surface area contributed by atoms with E-state index in [1.807, 2.05) is 47.4 Å². The van der Waals surface area contributed by atoms with Gasteiger partial charge in [-0.2, -0.15) is 0 Å². The molecule has 0 fully saturated rings. The molecule has 0 N–H and O–H groups in total. The first kappa shape index (κ1) is 22.1. The lowest BCUT2D eigenvalue weighted by Gasteiger charge is -2.15. The number of rotatable bonds is 7. The second-order valence-electron chi connectivity index (χ2n) is 7.48. The lowest BCUT2D eigenvalue weighted by molar-refractivity contribution is -0.113. The first-order chi connectivity index (χ1) is 15.5. The molecule has 0 unspecified atom stereocenters.